The van der Waals surface area contributed by atoms with Crippen molar-refractivity contribution in [2.24, 2.45) is 5.73 Å². The molecule has 5 nitrogen and oxygen atoms in total. The largest absolute Gasteiger partial charge is 2.00 e. The van der Waals surface area contributed by atoms with Gasteiger partial charge in [0.1, 0.15) is 0 Å². The van der Waals surface area contributed by atoms with Gasteiger partial charge in [-0.25, -0.2) is 0 Å². The van der Waals surface area contributed by atoms with Gasteiger partial charge >= 0.3 is 17.1 Å². The molecule has 0 saturated carbocycles. The minimum Gasteiger partial charge on any atom is -0.652 e. The first-order valence-electron chi connectivity index (χ1n) is 1.84. The molecule has 0 atom stereocenters. The minimum absolute atomic E-state index is 0. The zero-order valence-electron chi connectivity index (χ0n) is 4.47. The Bertz CT molecular complexity index is 53.8. The number of aliphatic hydroxyl groups is 1. The maximum absolute atomic E-state index is 8.33. The van der Waals surface area contributed by atoms with Gasteiger partial charge in [0.2, 0.25) is 0 Å². The maximum atomic E-state index is 8.33. The number of carbonyl (C=O) groups is 1. The van der Waals surface area contributed by atoms with E-state index in [1.807, 2.05) is 0 Å². The number of carbonyl (C=O) groups excluding carboxylic acids is 1. The summed E-state index contributed by atoms with van der Waals surface area (Å²) in [4.78, 5) is 8.33. The Balaban J connectivity index is -0.0000000720. The van der Waals surface area contributed by atoms with Crippen molar-refractivity contribution in [2.45, 2.75) is 0 Å². The molecule has 1 radical (unpaired) electrons. The first-order valence-corrected chi connectivity index (χ1v) is 1.84. The summed E-state index contributed by atoms with van der Waals surface area (Å²) in [7, 11) is 0. The molecular weight excluding hydrogens is 178 g/mol. The normalized spacial score (nSPS) is 6.00. The molecular formula is C3H7CuNO4. The second kappa shape index (κ2) is 15.6. The summed E-state index contributed by atoms with van der Waals surface area (Å²) in [6, 6.07) is 0. The monoisotopic (exact) mass is 184 g/mol. The molecule has 0 aliphatic carbocycles. The van der Waals surface area contributed by atoms with Gasteiger partial charge in [0.25, 0.3) is 0 Å². The third-order valence-corrected chi connectivity index (χ3v) is 0.129. The van der Waals surface area contributed by atoms with Crippen molar-refractivity contribution in [1.29, 1.82) is 0 Å². The van der Waals surface area contributed by atoms with Crippen molar-refractivity contribution < 1.29 is 37.2 Å². The summed E-state index contributed by atoms with van der Waals surface area (Å²) in [6.45, 7) is 0.472. The Hall–Kier alpha value is -0.291. The van der Waals surface area contributed by atoms with Gasteiger partial charge in [-0.15, -0.1) is 0 Å². The second-order valence-electron chi connectivity index (χ2n) is 0.762. The van der Waals surface area contributed by atoms with Crippen molar-refractivity contribution in [2.75, 3.05) is 13.2 Å². The van der Waals surface area contributed by atoms with E-state index in [9.17, 15) is 0 Å². The number of aliphatic hydroxyl groups excluding tert-OH is 1. The third-order valence-electron chi connectivity index (χ3n) is 0.129. The van der Waals surface area contributed by atoms with E-state index in [2.05, 4.69) is 0 Å². The number of hydrogen-bond donors (Lipinski definition) is 2. The molecule has 3 N–H and O–H groups in total. The van der Waals surface area contributed by atoms with Gasteiger partial charge in [-0.05, 0) is 6.16 Å². The van der Waals surface area contributed by atoms with Gasteiger partial charge in [-0.2, -0.15) is 0 Å². The molecule has 6 heteroatoms. The Morgan fingerprint density at radius 2 is 1.67 bits per heavy atom. The van der Waals surface area contributed by atoms with Gasteiger partial charge in [0.05, 0.1) is 6.61 Å². The molecule has 0 aliphatic rings. The molecule has 0 aromatic heterocycles. The van der Waals surface area contributed by atoms with E-state index in [0.29, 0.717) is 6.54 Å². The standard InChI is InChI=1S/C2H7NO.CH2O3.Cu/c3-1-2-4;2-1(3)4;/h4H,1-3H2;(H2,2,3,4);/q;;+2/p-2. The van der Waals surface area contributed by atoms with Crippen molar-refractivity contribution in [1.82, 2.24) is 0 Å². The van der Waals surface area contributed by atoms with Crippen LogP contribution in [0.4, 0.5) is 4.79 Å². The van der Waals surface area contributed by atoms with E-state index < -0.39 is 6.16 Å². The molecule has 0 aliphatic heterocycles. The fourth-order valence-electron chi connectivity index (χ4n) is 0. The maximum Gasteiger partial charge on any atom is 2.00 e. The van der Waals surface area contributed by atoms with Crippen LogP contribution >= 0.6 is 0 Å². The van der Waals surface area contributed by atoms with Crippen molar-refractivity contribution in [3.63, 3.8) is 0 Å². The number of carboxylic acid groups (broad SMARTS) is 2. The van der Waals surface area contributed by atoms with Crippen LogP contribution in [-0.4, -0.2) is 24.4 Å². The summed E-state index contributed by atoms with van der Waals surface area (Å²) < 4.78 is 0. The van der Waals surface area contributed by atoms with Crippen LogP contribution in [0.25, 0.3) is 0 Å². The summed E-state index contributed by atoms with van der Waals surface area (Å²) >= 11 is 0. The SMILES string of the molecule is NCCO.O=C([O-])[O-].[Cu+2]. The van der Waals surface area contributed by atoms with Gasteiger partial charge in [0, 0.05) is 6.54 Å². The fourth-order valence-corrected chi connectivity index (χ4v) is 0. The average molecular weight is 185 g/mol. The molecule has 0 fully saturated rings. The Kier molecular flexibility index (Phi) is 27.6. The quantitative estimate of drug-likeness (QED) is 0.411. The smallest absolute Gasteiger partial charge is 0.652 e. The molecule has 0 amide bonds. The van der Waals surface area contributed by atoms with Crippen LogP contribution in [0.15, 0.2) is 0 Å². The second-order valence-corrected chi connectivity index (χ2v) is 0.762. The van der Waals surface area contributed by atoms with Crippen molar-refractivity contribution in [3.05, 3.63) is 0 Å². The number of nitrogens with two attached hydrogens (primary N) is 1. The molecule has 0 bridgehead atoms. The Morgan fingerprint density at radius 1 is 1.56 bits per heavy atom. The van der Waals surface area contributed by atoms with Gasteiger partial charge in [-0.1, -0.05) is 0 Å². The van der Waals surface area contributed by atoms with Crippen LogP contribution < -0.4 is 15.9 Å². The number of rotatable bonds is 1. The van der Waals surface area contributed by atoms with E-state index in [4.69, 9.17) is 25.8 Å². The zero-order valence-corrected chi connectivity index (χ0v) is 5.41. The summed E-state index contributed by atoms with van der Waals surface area (Å²) in [5, 5.41) is 24.4. The van der Waals surface area contributed by atoms with E-state index >= 15 is 0 Å². The Labute approximate surface area is 63.0 Å². The van der Waals surface area contributed by atoms with Gasteiger partial charge < -0.3 is 25.8 Å². The molecule has 0 heterocycles. The van der Waals surface area contributed by atoms with Crippen LogP contribution in [0.5, 0.6) is 0 Å². The first-order chi connectivity index (χ1) is 3.65. The van der Waals surface area contributed by atoms with E-state index in [-0.39, 0.29) is 23.7 Å². The molecule has 59 valence electrons. The number of hydrogen-bond acceptors (Lipinski definition) is 5. The van der Waals surface area contributed by atoms with Crippen LogP contribution in [0.2, 0.25) is 0 Å². The molecule has 0 unspecified atom stereocenters. The zero-order chi connectivity index (χ0) is 6.99. The van der Waals surface area contributed by atoms with Gasteiger partial charge in [-0.3, -0.25) is 0 Å². The van der Waals surface area contributed by atoms with Crippen LogP contribution in [-0.2, 0) is 17.1 Å². The summed E-state index contributed by atoms with van der Waals surface area (Å²) in [5.74, 6) is 0. The molecule has 9 heavy (non-hydrogen) atoms. The molecule has 0 aromatic carbocycles. The third kappa shape index (κ3) is 499. The Morgan fingerprint density at radius 3 is 1.67 bits per heavy atom. The van der Waals surface area contributed by atoms with Gasteiger partial charge in [0.15, 0.2) is 0 Å². The average Bonchev–Trinajstić information content (AvgIpc) is 1.65. The molecule has 0 saturated heterocycles. The molecule has 0 rings (SSSR count). The predicted molar refractivity (Wildman–Crippen MR) is 21.5 cm³/mol. The molecule has 0 spiro atoms. The first kappa shape index (κ1) is 15.9. The summed E-state index contributed by atoms with van der Waals surface area (Å²) in [6.07, 6.45) is -2.33. The van der Waals surface area contributed by atoms with E-state index in [1.54, 1.807) is 0 Å². The van der Waals surface area contributed by atoms with Crippen LogP contribution in [0.1, 0.15) is 0 Å². The molecule has 0 aromatic rings. The van der Waals surface area contributed by atoms with Crippen LogP contribution in [0, 0.1) is 0 Å². The summed E-state index contributed by atoms with van der Waals surface area (Å²) in [5.41, 5.74) is 4.78. The van der Waals surface area contributed by atoms with E-state index in [1.165, 1.54) is 0 Å². The van der Waals surface area contributed by atoms with Crippen molar-refractivity contribution in [3.8, 4) is 0 Å². The van der Waals surface area contributed by atoms with Crippen molar-refractivity contribution >= 4 is 6.16 Å². The topological polar surface area (TPSA) is 109 Å². The fraction of sp³-hybridized carbons (Fsp3) is 0.667. The predicted octanol–water partition coefficient (Wildman–Crippen LogP) is -3.51. The minimum atomic E-state index is -2.33. The van der Waals surface area contributed by atoms with E-state index in [0.717, 1.165) is 0 Å². The van der Waals surface area contributed by atoms with Crippen LogP contribution in [0.3, 0.4) is 0 Å².